The van der Waals surface area contributed by atoms with Crippen LogP contribution in [0.3, 0.4) is 0 Å². The van der Waals surface area contributed by atoms with Gasteiger partial charge in [0.25, 0.3) is 23.6 Å². The smallest absolute Gasteiger partial charge is 0.266 e. The summed E-state index contributed by atoms with van der Waals surface area (Å²) in [6.07, 6.45) is -6.80. The van der Waals surface area contributed by atoms with Crippen LogP contribution in [0.5, 0.6) is 0 Å². The van der Waals surface area contributed by atoms with Gasteiger partial charge in [-0.05, 0) is 69.5 Å². The Kier molecular flexibility index (Phi) is 5.36. The van der Waals surface area contributed by atoms with E-state index in [1.165, 1.54) is 44.4 Å². The molecule has 10 aliphatic rings. The maximum atomic E-state index is 14.9. The highest BCUT2D eigenvalue weighted by Crippen LogP contribution is 2.78. The van der Waals surface area contributed by atoms with E-state index in [4.69, 9.17) is 0 Å². The first-order valence-electron chi connectivity index (χ1n) is 15.5. The van der Waals surface area contributed by atoms with Crippen LogP contribution in [0.4, 0.5) is 11.4 Å². The Bertz CT molecular complexity index is 1950. The minimum absolute atomic E-state index is 0.374. The van der Waals surface area contributed by atoms with E-state index in [2.05, 4.69) is 10.6 Å². The molecule has 13 nitrogen and oxygen atoms in total. The molecular formula is C31H30N6O7S4. The van der Waals surface area contributed by atoms with Crippen LogP contribution in [0.2, 0.25) is 0 Å². The number of nitrogens with zero attached hydrogens (tertiary/aromatic N) is 4. The largest absolute Gasteiger partial charge is 0.389 e. The van der Waals surface area contributed by atoms with Gasteiger partial charge in [-0.3, -0.25) is 29.0 Å². The van der Waals surface area contributed by atoms with Crippen molar-refractivity contribution < 1.29 is 34.5 Å². The first-order valence-corrected chi connectivity index (χ1v) is 19.8. The standard InChI is InChI=1S/C31H30N6O7S4/c1-13(38)29-25(44)37-21-28(15-10-6-8-12-17(15)33-21,19(40)31(37,48-46-29)24(43)35(29)4)27-14-9-5-7-11-16(14)32-20(27)36-22(41)26(2)34(3)23(42)30(36,18(27)39)47-45-26/h5-13,18-21,32-33,38-40H,1-4H3/t13?,18-,19-,20+,21+,26+,27+,28?,29-,30-,31-/m0/s1. The summed E-state index contributed by atoms with van der Waals surface area (Å²) in [4.78, 5) is 57.8. The summed E-state index contributed by atoms with van der Waals surface area (Å²) in [6, 6.07) is 14.5. The molecule has 250 valence electrons. The van der Waals surface area contributed by atoms with Gasteiger partial charge in [-0.2, -0.15) is 0 Å². The maximum Gasteiger partial charge on any atom is 0.266 e. The van der Waals surface area contributed by atoms with Crippen molar-refractivity contribution in [1.29, 1.82) is 0 Å². The number of fused-ring (bicyclic) bond motifs is 11. The van der Waals surface area contributed by atoms with Crippen molar-refractivity contribution in [1.82, 2.24) is 19.6 Å². The average Bonchev–Trinajstić information content (AvgIpc) is 3.72. The van der Waals surface area contributed by atoms with Gasteiger partial charge in [0.05, 0.1) is 16.9 Å². The monoisotopic (exact) mass is 726 g/mol. The first-order chi connectivity index (χ1) is 22.8. The summed E-state index contributed by atoms with van der Waals surface area (Å²) in [7, 11) is 7.46. The molecule has 8 saturated heterocycles. The van der Waals surface area contributed by atoms with Crippen molar-refractivity contribution in [2.45, 2.75) is 74.8 Å². The van der Waals surface area contributed by atoms with E-state index in [1.807, 2.05) is 36.4 Å². The van der Waals surface area contributed by atoms with Crippen LogP contribution in [-0.4, -0.2) is 123 Å². The van der Waals surface area contributed by atoms with Gasteiger partial charge in [-0.25, -0.2) is 0 Å². The van der Waals surface area contributed by atoms with Crippen molar-refractivity contribution in [3.05, 3.63) is 59.7 Å². The van der Waals surface area contributed by atoms with Crippen LogP contribution in [0.15, 0.2) is 48.5 Å². The topological polar surface area (TPSA) is 166 Å². The van der Waals surface area contributed by atoms with Crippen molar-refractivity contribution in [3.8, 4) is 0 Å². The average molecular weight is 727 g/mol. The molecule has 12 rings (SSSR count). The molecule has 8 fully saturated rings. The van der Waals surface area contributed by atoms with Crippen molar-refractivity contribution >= 4 is 78.2 Å². The lowest BCUT2D eigenvalue weighted by Gasteiger charge is -2.59. The number of benzene rings is 2. The number of hydrogen-bond donors (Lipinski definition) is 5. The van der Waals surface area contributed by atoms with Crippen molar-refractivity contribution in [3.63, 3.8) is 0 Å². The lowest BCUT2D eigenvalue weighted by molar-refractivity contribution is -0.172. The van der Waals surface area contributed by atoms with Gasteiger partial charge in [0.15, 0.2) is 4.87 Å². The zero-order valence-electron chi connectivity index (χ0n) is 25.9. The number of rotatable bonds is 2. The van der Waals surface area contributed by atoms with Gasteiger partial charge in [0.2, 0.25) is 14.6 Å². The number of likely N-dealkylation sites (N-methyl/N-ethyl adjacent to an activating group) is 2. The van der Waals surface area contributed by atoms with Crippen LogP contribution in [0.25, 0.3) is 0 Å². The second-order valence-corrected chi connectivity index (χ2v) is 19.2. The summed E-state index contributed by atoms with van der Waals surface area (Å²) in [5, 5.41) is 44.8. The van der Waals surface area contributed by atoms with Crippen LogP contribution < -0.4 is 10.6 Å². The van der Waals surface area contributed by atoms with Gasteiger partial charge in [-0.15, -0.1) is 0 Å². The second-order valence-electron chi connectivity index (χ2n) is 13.9. The molecule has 0 saturated carbocycles. The van der Waals surface area contributed by atoms with Gasteiger partial charge in [0, 0.05) is 25.5 Å². The van der Waals surface area contributed by atoms with Crippen molar-refractivity contribution in [2.24, 2.45) is 0 Å². The summed E-state index contributed by atoms with van der Waals surface area (Å²) in [5.41, 5.74) is -1.15. The number of carbonyl (C=O) groups excluding carboxylic acids is 4. The van der Waals surface area contributed by atoms with Gasteiger partial charge in [0.1, 0.15) is 24.5 Å². The van der Waals surface area contributed by atoms with E-state index in [0.717, 1.165) is 32.4 Å². The first kappa shape index (κ1) is 30.1. The van der Waals surface area contributed by atoms with Crippen LogP contribution in [0.1, 0.15) is 25.0 Å². The highest BCUT2D eigenvalue weighted by molar-refractivity contribution is 8.78. The Morgan fingerprint density at radius 3 is 1.67 bits per heavy atom. The number of anilines is 2. The highest BCUT2D eigenvalue weighted by atomic mass is 33.1. The molecule has 4 bridgehead atoms. The van der Waals surface area contributed by atoms with Crippen LogP contribution >= 0.6 is 43.2 Å². The minimum Gasteiger partial charge on any atom is -0.389 e. The minimum atomic E-state index is -1.88. The Morgan fingerprint density at radius 2 is 1.15 bits per heavy atom. The highest BCUT2D eigenvalue weighted by Gasteiger charge is 2.93. The summed E-state index contributed by atoms with van der Waals surface area (Å²) >= 11 is 0. The summed E-state index contributed by atoms with van der Waals surface area (Å²) in [5.74, 6) is -1.94. The number of carbonyl (C=O) groups is 4. The lowest BCUT2D eigenvalue weighted by atomic mass is 9.52. The Balaban J connectivity index is 1.34. The number of nitrogens with one attached hydrogen (secondary N) is 2. The van der Waals surface area contributed by atoms with E-state index >= 15 is 0 Å². The Labute approximate surface area is 290 Å². The Morgan fingerprint density at radius 1 is 0.688 bits per heavy atom. The SMILES string of the molecule is CC(O)[C@@]12SS[C@]3(C(=O)N1C)[C@@H](O)C1([C@@]45c6ccccc6N[C@@H]4N4C(=O)[C@@]6(C)SS[C@]4(C(=O)N6C)[C@H]5O)c4ccccc4N[C@@H]1N3C2=O. The molecule has 2 unspecified atom stereocenters. The summed E-state index contributed by atoms with van der Waals surface area (Å²) < 4.78 is 0. The number of para-hydroxylation sites is 2. The molecule has 0 aromatic heterocycles. The fourth-order valence-electron chi connectivity index (χ4n) is 10.2. The third kappa shape index (κ3) is 2.48. The lowest BCUT2D eigenvalue weighted by Crippen LogP contribution is -2.80. The number of aliphatic hydroxyl groups excluding tert-OH is 3. The molecule has 2 aromatic rings. The number of hydrogen-bond acceptors (Lipinski definition) is 13. The van der Waals surface area contributed by atoms with E-state index in [9.17, 15) is 34.5 Å². The van der Waals surface area contributed by atoms with E-state index in [0.29, 0.717) is 22.5 Å². The van der Waals surface area contributed by atoms with Gasteiger partial charge in [-0.1, -0.05) is 47.2 Å². The molecule has 5 N–H and O–H groups in total. The molecule has 17 heteroatoms. The molecule has 2 spiro atoms. The molecule has 10 heterocycles. The Hall–Kier alpha value is -2.80. The third-order valence-corrected chi connectivity index (χ3v) is 19.8. The van der Waals surface area contributed by atoms with Crippen LogP contribution in [0, 0.1) is 0 Å². The number of aliphatic hydroxyl groups is 3. The van der Waals surface area contributed by atoms with Crippen LogP contribution in [-0.2, 0) is 30.0 Å². The summed E-state index contributed by atoms with van der Waals surface area (Å²) in [6.45, 7) is 3.16. The van der Waals surface area contributed by atoms with E-state index in [1.54, 1.807) is 26.1 Å². The molecule has 11 atom stereocenters. The molecule has 2 aromatic carbocycles. The van der Waals surface area contributed by atoms with Crippen molar-refractivity contribution in [2.75, 3.05) is 24.7 Å². The predicted octanol–water partition coefficient (Wildman–Crippen LogP) is 0.692. The molecule has 48 heavy (non-hydrogen) atoms. The third-order valence-electron chi connectivity index (χ3n) is 12.4. The van der Waals surface area contributed by atoms with E-state index in [-0.39, 0.29) is 5.91 Å². The van der Waals surface area contributed by atoms with Gasteiger partial charge < -0.3 is 35.8 Å². The number of amides is 4. The molecule has 0 aliphatic carbocycles. The fourth-order valence-corrected chi connectivity index (χ4v) is 17.7. The molecule has 0 radical (unpaired) electrons. The van der Waals surface area contributed by atoms with E-state index < -0.39 is 78.7 Å². The van der Waals surface area contributed by atoms with Gasteiger partial charge >= 0.3 is 0 Å². The zero-order chi connectivity index (χ0) is 33.7. The zero-order valence-corrected chi connectivity index (χ0v) is 29.2. The molecule has 4 amide bonds. The predicted molar refractivity (Wildman–Crippen MR) is 181 cm³/mol. The second kappa shape index (κ2) is 8.55. The molecular weight excluding hydrogens is 697 g/mol. The number of piperazine rings is 2. The fraction of sp³-hybridized carbons (Fsp3) is 0.484. The quantitative estimate of drug-likeness (QED) is 0.275. The molecule has 10 aliphatic heterocycles. The maximum absolute atomic E-state index is 14.9. The normalized spacial score (nSPS) is 46.2.